The first-order valence-corrected chi connectivity index (χ1v) is 41.9. The molecule has 0 aromatic heterocycles. The van der Waals surface area contributed by atoms with E-state index in [-0.39, 0.29) is 6.42 Å². The van der Waals surface area contributed by atoms with Crippen LogP contribution in [0.5, 0.6) is 0 Å². The lowest BCUT2D eigenvalue weighted by Crippen LogP contribution is -2.72. The maximum Gasteiger partial charge on any atom is 0.364 e. The molecule has 0 aliphatic carbocycles. The number of rotatable bonds is 57. The van der Waals surface area contributed by atoms with Gasteiger partial charge in [0.1, 0.15) is 109 Å². The van der Waals surface area contributed by atoms with E-state index in [4.69, 9.17) is 47.4 Å². The number of aliphatic hydroxyl groups is 16. The van der Waals surface area contributed by atoms with Crippen molar-refractivity contribution in [3.05, 3.63) is 12.2 Å². The molecule has 0 radical (unpaired) electrons. The zero-order valence-electron chi connectivity index (χ0n) is 68.0. The van der Waals surface area contributed by atoms with E-state index in [9.17, 15) is 121 Å². The van der Waals surface area contributed by atoms with Crippen LogP contribution in [-0.4, -0.2) is 338 Å². The summed E-state index contributed by atoms with van der Waals surface area (Å²) in [7, 11) is 0. The Morgan fingerprint density at radius 3 is 1.47 bits per heavy atom. The molecule has 3 amide bonds. The van der Waals surface area contributed by atoms with E-state index in [0.717, 1.165) is 85.0 Å². The molecule has 5 rings (SSSR count). The Labute approximate surface area is 679 Å². The molecule has 5 aliphatic rings. The number of Topliss-reactive ketones (excluding diaryl/α,β-unsaturated/α-hetero) is 1. The van der Waals surface area contributed by atoms with Crippen LogP contribution in [0.25, 0.3) is 0 Å². The second-order valence-corrected chi connectivity index (χ2v) is 31.8. The van der Waals surface area contributed by atoms with Gasteiger partial charge in [-0.1, -0.05) is 180 Å². The Hall–Kier alpha value is -4.28. The van der Waals surface area contributed by atoms with E-state index in [1.54, 1.807) is 6.08 Å². The van der Waals surface area contributed by atoms with Gasteiger partial charge in [-0.05, 0) is 26.2 Å². The third-order valence-electron chi connectivity index (χ3n) is 22.3. The molecular weight excluding hydrogens is 1530 g/mol. The molecule has 1 unspecified atom stereocenters. The zero-order chi connectivity index (χ0) is 85.8. The number of aliphatic carboxylic acids is 2. The number of carbonyl (C=O) groups is 6. The highest BCUT2D eigenvalue weighted by molar-refractivity contribution is 5.78. The highest BCUT2D eigenvalue weighted by Crippen LogP contribution is 2.44. The number of allylic oxidation sites excluding steroid dienone is 1. The third-order valence-corrected chi connectivity index (χ3v) is 22.3. The lowest BCUT2D eigenvalue weighted by Gasteiger charge is -2.52. The van der Waals surface area contributed by atoms with Crippen molar-refractivity contribution < 1.29 is 168 Å². The van der Waals surface area contributed by atoms with Gasteiger partial charge in [0.25, 0.3) is 11.6 Å². The molecule has 5 aliphatic heterocycles. The summed E-state index contributed by atoms with van der Waals surface area (Å²) >= 11 is 0. The number of unbranched alkanes of at least 4 members (excludes halogenated alkanes) is 25. The average molecular weight is 1670 g/mol. The first-order valence-electron chi connectivity index (χ1n) is 41.9. The second-order valence-electron chi connectivity index (χ2n) is 31.8. The van der Waals surface area contributed by atoms with Crippen molar-refractivity contribution in [3.63, 3.8) is 0 Å². The summed E-state index contributed by atoms with van der Waals surface area (Å²) in [5, 5.41) is 211. The molecule has 5 fully saturated rings. The third kappa shape index (κ3) is 30.9. The van der Waals surface area contributed by atoms with E-state index in [1.807, 2.05) is 0 Å². The van der Waals surface area contributed by atoms with Crippen molar-refractivity contribution in [2.24, 2.45) is 5.92 Å². The molecule has 0 aromatic carbocycles. The molecule has 116 heavy (non-hydrogen) atoms. The van der Waals surface area contributed by atoms with Gasteiger partial charge in [-0.15, -0.1) is 0 Å². The van der Waals surface area contributed by atoms with Gasteiger partial charge in [0.05, 0.1) is 76.1 Å². The minimum Gasteiger partial charge on any atom is -0.477 e. The standard InChI is InChI=1S/C79H139N3O34/c1-6-8-10-12-14-16-18-20-21-23-25-27-29-31-33-35-58(95)82-49(50(91)34-32-30-28-26-24-22-19-17-15-13-11-9-7-2)44-107-74-66(101)65(100)69(56(42-86)109-74)111-75-67(102)72(70(57(43-87)110-75)112-73-60(81-47(5)90)64(99)62(97)54(40-84)108-73)116-79(77(105)106)38-52(93)59(80-46(4)89)71(115-79)63(98)55(41-85)113-78(76(103)104)37-51(92)48(36-45(3)88)68(114-78)61(96)53(94)39-83/h32,34,48-57,59-75,83-87,91-94,96-102H,6-31,33,35-44H2,1-5H3,(H,80,89)(H,81,90)(H,82,95)(H,103,104)(H,105,106)/b34-32+/t48-,49+,50+,51+,52+,53?,54-,55-,56-,57-,59-,60-,61-,62+,63-,64-,65-,66-,67-,68-,69-,70+,71-,72-,73+,74-,75+,78-,79+/m1/s1. The van der Waals surface area contributed by atoms with Gasteiger partial charge in [-0.25, -0.2) is 9.59 Å². The van der Waals surface area contributed by atoms with E-state index in [0.29, 0.717) is 12.8 Å². The molecule has 0 spiro atoms. The SMILES string of the molecule is CCCCCCCCCCCCC/C=C/[C@H](O)[C@H](CO[C@@H]1O[C@H](CO)[C@@H](O[C@@H]2O[C@H](CO)[C@H](O[C@@H]3O[C@H](CO)[C@H](O)[C@H](O)[C@H]3NC(C)=O)[C@H](O[C@]3(C(=O)O)C[C@H](O)[C@@H](NC(C)=O)[C@H]([C@H](O)[C@@H](CO)O[C@]4(C(=O)O)C[C@H](O)[C@@H](CC(C)=O)[C@H]([C@H](O)C(O)CO)O4)O3)[C@H]2O)[C@H](O)[C@H]1O)NC(=O)CCCCCCCCCCCCCCCCC. The van der Waals surface area contributed by atoms with Crippen LogP contribution in [0.3, 0.4) is 0 Å². The highest BCUT2D eigenvalue weighted by atomic mass is 16.8. The van der Waals surface area contributed by atoms with Gasteiger partial charge in [0.15, 0.2) is 18.9 Å². The number of carboxylic acids is 2. The van der Waals surface area contributed by atoms with Gasteiger partial charge < -0.3 is 160 Å². The summed E-state index contributed by atoms with van der Waals surface area (Å²) in [6.45, 7) is 0.693. The molecule has 5 saturated heterocycles. The van der Waals surface area contributed by atoms with Gasteiger partial charge in [-0.3, -0.25) is 14.4 Å². The normalized spacial score (nSPS) is 33.3. The molecule has 21 N–H and O–H groups in total. The van der Waals surface area contributed by atoms with Crippen LogP contribution in [0.1, 0.15) is 234 Å². The molecule has 0 aromatic rings. The summed E-state index contributed by atoms with van der Waals surface area (Å²) in [4.78, 5) is 79.2. The molecule has 37 heteroatoms. The second kappa shape index (κ2) is 52.9. The first kappa shape index (κ1) is 102. The highest BCUT2D eigenvalue weighted by Gasteiger charge is 2.64. The quantitative estimate of drug-likeness (QED) is 0.0267. The number of hydrogen-bond acceptors (Lipinski definition) is 32. The molecule has 674 valence electrons. The average Bonchev–Trinajstić information content (AvgIpc) is 0.745. The van der Waals surface area contributed by atoms with Crippen molar-refractivity contribution in [1.29, 1.82) is 0 Å². The van der Waals surface area contributed by atoms with Crippen molar-refractivity contribution in [3.8, 4) is 0 Å². The molecule has 0 bridgehead atoms. The van der Waals surface area contributed by atoms with Crippen LogP contribution in [0.2, 0.25) is 0 Å². The Morgan fingerprint density at radius 1 is 0.491 bits per heavy atom. The number of ketones is 1. The van der Waals surface area contributed by atoms with Crippen LogP contribution in [-0.2, 0) is 76.1 Å². The summed E-state index contributed by atoms with van der Waals surface area (Å²) in [6, 6.07) is -5.05. The Morgan fingerprint density at radius 2 is 0.966 bits per heavy atom. The summed E-state index contributed by atoms with van der Waals surface area (Å²) in [5.74, 6) is -15.8. The van der Waals surface area contributed by atoms with Gasteiger partial charge in [-0.2, -0.15) is 0 Å². The molecular formula is C79H139N3O34. The topological polar surface area (TPSA) is 595 Å². The molecule has 29 atom stereocenters. The van der Waals surface area contributed by atoms with Crippen molar-refractivity contribution in [2.75, 3.05) is 39.6 Å². The van der Waals surface area contributed by atoms with Crippen LogP contribution in [0.15, 0.2) is 12.2 Å². The summed E-state index contributed by atoms with van der Waals surface area (Å²) in [6.07, 6.45) is -19.5. The van der Waals surface area contributed by atoms with Gasteiger partial charge >= 0.3 is 11.9 Å². The van der Waals surface area contributed by atoms with Crippen molar-refractivity contribution in [2.45, 2.75) is 404 Å². The minimum absolute atomic E-state index is 0.114. The number of nitrogens with one attached hydrogen (secondary N) is 3. The van der Waals surface area contributed by atoms with E-state index in [2.05, 4.69) is 29.8 Å². The molecule has 5 heterocycles. The first-order chi connectivity index (χ1) is 55.3. The monoisotopic (exact) mass is 1670 g/mol. The van der Waals surface area contributed by atoms with E-state index in [1.165, 1.54) is 102 Å². The van der Waals surface area contributed by atoms with Gasteiger partial charge in [0.2, 0.25) is 17.7 Å². The summed E-state index contributed by atoms with van der Waals surface area (Å²) in [5.41, 5.74) is 0. The predicted molar refractivity (Wildman–Crippen MR) is 408 cm³/mol. The molecule has 37 nitrogen and oxygen atoms in total. The lowest BCUT2D eigenvalue weighted by atomic mass is 9.80. The van der Waals surface area contributed by atoms with E-state index < -0.39 is 271 Å². The largest absolute Gasteiger partial charge is 0.477 e. The maximum atomic E-state index is 14.2. The Bertz CT molecular complexity index is 2860. The number of ether oxygens (including phenoxy) is 10. The number of hydrogen-bond donors (Lipinski definition) is 21. The van der Waals surface area contributed by atoms with E-state index >= 15 is 0 Å². The minimum atomic E-state index is -3.58. The fraction of sp³-hybridized carbons (Fsp3) is 0.899. The van der Waals surface area contributed by atoms with Crippen molar-refractivity contribution in [1.82, 2.24) is 16.0 Å². The Kier molecular flexibility index (Phi) is 46.6. The Balaban J connectivity index is 1.44. The fourth-order valence-electron chi connectivity index (χ4n) is 15.7. The number of carboxylic acid groups (broad SMARTS) is 2. The van der Waals surface area contributed by atoms with Gasteiger partial charge in [0, 0.05) is 45.4 Å². The van der Waals surface area contributed by atoms with Crippen LogP contribution >= 0.6 is 0 Å². The number of carbonyl (C=O) groups excluding carboxylic acids is 4. The lowest BCUT2D eigenvalue weighted by molar-refractivity contribution is -0.402. The van der Waals surface area contributed by atoms with Crippen LogP contribution < -0.4 is 16.0 Å². The predicted octanol–water partition coefficient (Wildman–Crippen LogP) is -0.602. The fourth-order valence-corrected chi connectivity index (χ4v) is 15.7. The van der Waals surface area contributed by atoms with Crippen molar-refractivity contribution >= 4 is 35.4 Å². The zero-order valence-corrected chi connectivity index (χ0v) is 68.0. The number of amides is 3. The van der Waals surface area contributed by atoms with Crippen LogP contribution in [0, 0.1) is 5.92 Å². The van der Waals surface area contributed by atoms with Crippen LogP contribution in [0.4, 0.5) is 0 Å². The summed E-state index contributed by atoms with van der Waals surface area (Å²) < 4.78 is 60.0. The maximum absolute atomic E-state index is 14.2. The smallest absolute Gasteiger partial charge is 0.364 e. The number of aliphatic hydroxyl groups excluding tert-OH is 16. The molecule has 0 saturated carbocycles.